The molecule has 3 aromatic rings. The lowest BCUT2D eigenvalue weighted by atomic mass is 10.1. The smallest absolute Gasteiger partial charge is 0.268 e. The Morgan fingerprint density at radius 3 is 2.82 bits per heavy atom. The Hall–Kier alpha value is -2.20. The van der Waals surface area contributed by atoms with E-state index in [1.165, 1.54) is 5.56 Å². The summed E-state index contributed by atoms with van der Waals surface area (Å²) in [5, 5.41) is 4.79. The molecule has 0 atom stereocenters. The van der Waals surface area contributed by atoms with Crippen molar-refractivity contribution >= 4 is 28.4 Å². The highest BCUT2D eigenvalue weighted by Crippen LogP contribution is 2.45. The lowest BCUT2D eigenvalue weighted by Gasteiger charge is -2.15. The van der Waals surface area contributed by atoms with Crippen molar-refractivity contribution in [1.82, 2.24) is 14.9 Å². The Morgan fingerprint density at radius 2 is 2.14 bits per heavy atom. The number of fused-ring (bicyclic) bond motifs is 1. The van der Waals surface area contributed by atoms with Gasteiger partial charge in [0.2, 0.25) is 0 Å². The third-order valence-corrected chi connectivity index (χ3v) is 4.55. The summed E-state index contributed by atoms with van der Waals surface area (Å²) in [6.07, 6.45) is 6.04. The quantitative estimate of drug-likeness (QED) is 0.763. The number of hydrogen-bond donors (Lipinski definition) is 2. The van der Waals surface area contributed by atoms with Crippen molar-refractivity contribution in [2.24, 2.45) is 7.05 Å². The number of aromatic nitrogens is 2. The minimum Gasteiger partial charge on any atom is -0.357 e. The number of nitrogens with one attached hydrogen (secondary N) is 2. The number of aromatic amines is 1. The van der Waals surface area contributed by atoms with Crippen LogP contribution in [0.2, 0.25) is 5.02 Å². The minimum absolute atomic E-state index is 0.0753. The van der Waals surface area contributed by atoms with Gasteiger partial charge in [-0.25, -0.2) is 0 Å². The zero-order valence-corrected chi connectivity index (χ0v) is 12.9. The van der Waals surface area contributed by atoms with E-state index < -0.39 is 0 Å². The number of halogens is 1. The van der Waals surface area contributed by atoms with Crippen LogP contribution in [0.15, 0.2) is 42.7 Å². The Labute approximate surface area is 133 Å². The van der Waals surface area contributed by atoms with Crippen LogP contribution in [0.4, 0.5) is 0 Å². The molecule has 1 amide bonds. The number of H-pyrrole nitrogens is 1. The van der Waals surface area contributed by atoms with Gasteiger partial charge in [0.25, 0.3) is 5.91 Å². The average Bonchev–Trinajstić information content (AvgIpc) is 2.94. The molecule has 2 heterocycles. The van der Waals surface area contributed by atoms with Gasteiger partial charge in [-0.2, -0.15) is 0 Å². The van der Waals surface area contributed by atoms with Crippen LogP contribution in [-0.2, 0) is 12.6 Å². The molecule has 0 aliphatic heterocycles. The normalized spacial score (nSPS) is 15.9. The minimum atomic E-state index is -0.201. The van der Waals surface area contributed by atoms with E-state index in [0.717, 1.165) is 23.7 Å². The maximum atomic E-state index is 12.6. The summed E-state index contributed by atoms with van der Waals surface area (Å²) in [4.78, 5) is 15.7. The van der Waals surface area contributed by atoms with E-state index in [4.69, 9.17) is 11.6 Å². The maximum Gasteiger partial charge on any atom is 0.268 e. The van der Waals surface area contributed by atoms with Crippen LogP contribution in [0, 0.1) is 0 Å². The predicted molar refractivity (Wildman–Crippen MR) is 87.1 cm³/mol. The van der Waals surface area contributed by atoms with Gasteiger partial charge in [-0.05, 0) is 48.7 Å². The standard InChI is InChI=1S/C17H16ClN3O/c1-21-7-4-12(10-21)17(5-6-17)20-16(22)15-9-11-8-13(18)2-3-14(11)19-15/h2-4,7-10,19H,5-6H2,1H3,(H,20,22). The van der Waals surface area contributed by atoms with Gasteiger partial charge in [-0.1, -0.05) is 11.6 Å². The van der Waals surface area contributed by atoms with Crippen molar-refractivity contribution in [3.63, 3.8) is 0 Å². The molecule has 1 aromatic carbocycles. The molecule has 2 N–H and O–H groups in total. The Kier molecular flexibility index (Phi) is 2.84. The molecule has 0 spiro atoms. The fraction of sp³-hybridized carbons (Fsp3) is 0.235. The number of rotatable bonds is 3. The van der Waals surface area contributed by atoms with Crippen molar-refractivity contribution in [3.05, 3.63) is 59.0 Å². The molecule has 0 radical (unpaired) electrons. The van der Waals surface area contributed by atoms with Crippen LogP contribution in [0.3, 0.4) is 0 Å². The first-order valence-corrected chi connectivity index (χ1v) is 7.67. The van der Waals surface area contributed by atoms with Crippen molar-refractivity contribution in [1.29, 1.82) is 0 Å². The number of hydrogen-bond acceptors (Lipinski definition) is 1. The molecule has 112 valence electrons. The first-order chi connectivity index (χ1) is 10.6. The summed E-state index contributed by atoms with van der Waals surface area (Å²) in [5.74, 6) is -0.0753. The van der Waals surface area contributed by atoms with Crippen molar-refractivity contribution in [2.45, 2.75) is 18.4 Å². The number of carbonyl (C=O) groups is 1. The van der Waals surface area contributed by atoms with Crippen LogP contribution in [0.25, 0.3) is 10.9 Å². The molecule has 5 heteroatoms. The van der Waals surface area contributed by atoms with E-state index in [1.54, 1.807) is 0 Å². The highest BCUT2D eigenvalue weighted by molar-refractivity contribution is 6.31. The molecule has 1 fully saturated rings. The van der Waals surface area contributed by atoms with Gasteiger partial charge < -0.3 is 14.9 Å². The van der Waals surface area contributed by atoms with Crippen molar-refractivity contribution in [3.8, 4) is 0 Å². The molecular formula is C17H16ClN3O. The second-order valence-corrected chi connectivity index (χ2v) is 6.45. The largest absolute Gasteiger partial charge is 0.357 e. The molecule has 0 saturated heterocycles. The lowest BCUT2D eigenvalue weighted by molar-refractivity contribution is 0.0926. The summed E-state index contributed by atoms with van der Waals surface area (Å²) >= 11 is 5.99. The lowest BCUT2D eigenvalue weighted by Crippen LogP contribution is -2.34. The molecule has 1 aliphatic carbocycles. The van der Waals surface area contributed by atoms with Gasteiger partial charge >= 0.3 is 0 Å². The number of aryl methyl sites for hydroxylation is 1. The SMILES string of the molecule is Cn1ccc(C2(NC(=O)c3cc4cc(Cl)ccc4[nH]3)CC2)c1. The average molecular weight is 314 g/mol. The predicted octanol–water partition coefficient (Wildman–Crippen LogP) is 3.58. The third-order valence-electron chi connectivity index (χ3n) is 4.31. The van der Waals surface area contributed by atoms with Gasteiger partial charge in [0.15, 0.2) is 0 Å². The van der Waals surface area contributed by atoms with Gasteiger partial charge in [0.05, 0.1) is 5.54 Å². The molecule has 22 heavy (non-hydrogen) atoms. The van der Waals surface area contributed by atoms with Crippen LogP contribution in [0.1, 0.15) is 28.9 Å². The van der Waals surface area contributed by atoms with Crippen LogP contribution < -0.4 is 5.32 Å². The molecule has 4 rings (SSSR count). The van der Waals surface area contributed by atoms with Crippen LogP contribution in [-0.4, -0.2) is 15.5 Å². The Balaban J connectivity index is 1.61. The number of amides is 1. The first kappa shape index (κ1) is 13.5. The second kappa shape index (κ2) is 4.65. The Morgan fingerprint density at radius 1 is 1.32 bits per heavy atom. The fourth-order valence-electron chi connectivity index (χ4n) is 2.91. The van der Waals surface area contributed by atoms with Crippen LogP contribution >= 0.6 is 11.6 Å². The van der Waals surface area contributed by atoms with E-state index >= 15 is 0 Å². The van der Waals surface area contributed by atoms with E-state index in [2.05, 4.69) is 22.6 Å². The van der Waals surface area contributed by atoms with Crippen molar-refractivity contribution < 1.29 is 4.79 Å². The van der Waals surface area contributed by atoms with Gasteiger partial charge in [0, 0.05) is 35.4 Å². The number of benzene rings is 1. The zero-order valence-electron chi connectivity index (χ0n) is 12.2. The molecular weight excluding hydrogens is 298 g/mol. The second-order valence-electron chi connectivity index (χ2n) is 6.02. The Bertz CT molecular complexity index is 873. The van der Waals surface area contributed by atoms with E-state index in [-0.39, 0.29) is 11.4 Å². The highest BCUT2D eigenvalue weighted by Gasteiger charge is 2.46. The summed E-state index contributed by atoms with van der Waals surface area (Å²) in [6.45, 7) is 0. The van der Waals surface area contributed by atoms with E-state index in [9.17, 15) is 4.79 Å². The summed E-state index contributed by atoms with van der Waals surface area (Å²) in [6, 6.07) is 9.47. The number of nitrogens with zero attached hydrogens (tertiary/aromatic N) is 1. The van der Waals surface area contributed by atoms with E-state index in [1.807, 2.05) is 42.1 Å². The first-order valence-electron chi connectivity index (χ1n) is 7.29. The summed E-state index contributed by atoms with van der Waals surface area (Å²) in [5.41, 5.74) is 2.45. The van der Waals surface area contributed by atoms with Gasteiger partial charge in [-0.15, -0.1) is 0 Å². The molecule has 1 aliphatic rings. The molecule has 0 bridgehead atoms. The summed E-state index contributed by atoms with van der Waals surface area (Å²) < 4.78 is 2.01. The van der Waals surface area contributed by atoms with Gasteiger partial charge in [-0.3, -0.25) is 4.79 Å². The van der Waals surface area contributed by atoms with Gasteiger partial charge in [0.1, 0.15) is 5.69 Å². The third kappa shape index (κ3) is 2.20. The molecule has 2 aromatic heterocycles. The summed E-state index contributed by atoms with van der Waals surface area (Å²) in [7, 11) is 1.99. The zero-order chi connectivity index (χ0) is 15.3. The van der Waals surface area contributed by atoms with E-state index in [0.29, 0.717) is 10.7 Å². The highest BCUT2D eigenvalue weighted by atomic mass is 35.5. The van der Waals surface area contributed by atoms with Crippen LogP contribution in [0.5, 0.6) is 0 Å². The monoisotopic (exact) mass is 313 g/mol. The topological polar surface area (TPSA) is 49.8 Å². The fourth-order valence-corrected chi connectivity index (χ4v) is 3.09. The number of carbonyl (C=O) groups excluding carboxylic acids is 1. The maximum absolute atomic E-state index is 12.6. The van der Waals surface area contributed by atoms with Crippen molar-refractivity contribution in [2.75, 3.05) is 0 Å². The molecule has 1 saturated carbocycles. The molecule has 4 nitrogen and oxygen atoms in total. The molecule has 0 unspecified atom stereocenters.